The van der Waals surface area contributed by atoms with Crippen molar-refractivity contribution in [2.75, 3.05) is 40.3 Å². The average molecular weight is 464 g/mol. The molecule has 0 bridgehead atoms. The van der Waals surface area contributed by atoms with Gasteiger partial charge in [-0.25, -0.2) is 9.97 Å². The van der Waals surface area contributed by atoms with Gasteiger partial charge in [0.2, 0.25) is 0 Å². The van der Waals surface area contributed by atoms with Gasteiger partial charge in [0, 0.05) is 50.4 Å². The van der Waals surface area contributed by atoms with Crippen LogP contribution < -0.4 is 0 Å². The Morgan fingerprint density at radius 1 is 1.00 bits per heavy atom. The van der Waals surface area contributed by atoms with E-state index in [0.29, 0.717) is 24.6 Å². The van der Waals surface area contributed by atoms with E-state index >= 15 is 0 Å². The molecule has 0 saturated carbocycles. The summed E-state index contributed by atoms with van der Waals surface area (Å²) in [6.45, 7) is 8.42. The van der Waals surface area contributed by atoms with Crippen LogP contribution in [0.3, 0.4) is 0 Å². The Bertz CT molecular complexity index is 1040. The molecule has 182 valence electrons. The molecule has 34 heavy (non-hydrogen) atoms. The lowest BCUT2D eigenvalue weighted by molar-refractivity contribution is 0.0668. The minimum Gasteiger partial charge on any atom is -0.343 e. The zero-order chi connectivity index (χ0) is 24.3. The number of rotatable bonds is 5. The number of nitrogens with zero attached hydrogens (tertiary/aromatic N) is 5. The quantitative estimate of drug-likeness (QED) is 0.677. The van der Waals surface area contributed by atoms with Crippen molar-refractivity contribution in [2.24, 2.45) is 0 Å². The van der Waals surface area contributed by atoms with Crippen LogP contribution in [0.2, 0.25) is 0 Å². The highest BCUT2D eigenvalue weighted by Gasteiger charge is 2.37. The van der Waals surface area contributed by atoms with E-state index in [1.807, 2.05) is 30.0 Å². The number of likely N-dealkylation sites (tertiary alicyclic amines) is 2. The number of hydrogen-bond donors (Lipinski definition) is 0. The lowest BCUT2D eigenvalue weighted by Crippen LogP contribution is -2.45. The van der Waals surface area contributed by atoms with Gasteiger partial charge in [-0.3, -0.25) is 14.5 Å². The Morgan fingerprint density at radius 3 is 2.35 bits per heavy atom. The molecule has 1 aromatic heterocycles. The van der Waals surface area contributed by atoms with Crippen LogP contribution in [-0.4, -0.2) is 76.8 Å². The minimum absolute atomic E-state index is 0.114. The molecular weight excluding hydrogens is 426 g/mol. The fraction of sp³-hybridized carbons (Fsp3) is 0.556. The maximum Gasteiger partial charge on any atom is 0.272 e. The highest BCUT2D eigenvalue weighted by Crippen LogP contribution is 2.34. The third-order valence-electron chi connectivity index (χ3n) is 7.26. The maximum absolute atomic E-state index is 13.5. The first-order valence-corrected chi connectivity index (χ1v) is 12.4. The standard InChI is InChI=1S/C27H37N5O2/c1-20-18-23(25(34)30(3)4)29-26(28-20)27(2)12-16-32(17-13-27)24(33)22-11-7-6-10-21(22)19-31-14-8-5-9-15-31/h6-7,10-11,18H,5,8-9,12-17,19H2,1-4H3. The van der Waals surface area contributed by atoms with Crippen LogP contribution in [-0.2, 0) is 12.0 Å². The van der Waals surface area contributed by atoms with Crippen LogP contribution in [0.25, 0.3) is 0 Å². The van der Waals surface area contributed by atoms with Crippen LogP contribution in [0, 0.1) is 6.92 Å². The monoisotopic (exact) mass is 463 g/mol. The molecule has 7 heteroatoms. The second kappa shape index (κ2) is 10.2. The zero-order valence-electron chi connectivity index (χ0n) is 21.0. The predicted octanol–water partition coefficient (Wildman–Crippen LogP) is 3.67. The Hall–Kier alpha value is -2.80. The summed E-state index contributed by atoms with van der Waals surface area (Å²) in [6, 6.07) is 9.81. The second-order valence-corrected chi connectivity index (χ2v) is 10.3. The molecule has 2 fully saturated rings. The number of aromatic nitrogens is 2. The summed E-state index contributed by atoms with van der Waals surface area (Å²) in [6.07, 6.45) is 5.32. The minimum atomic E-state index is -0.266. The van der Waals surface area contributed by atoms with E-state index in [4.69, 9.17) is 0 Å². The summed E-state index contributed by atoms with van der Waals surface area (Å²) < 4.78 is 0. The molecule has 0 N–H and O–H groups in total. The first-order chi connectivity index (χ1) is 16.3. The van der Waals surface area contributed by atoms with Gasteiger partial charge in [0.25, 0.3) is 11.8 Å². The van der Waals surface area contributed by atoms with Crippen LogP contribution in [0.15, 0.2) is 30.3 Å². The highest BCUT2D eigenvalue weighted by molar-refractivity contribution is 5.95. The molecule has 0 atom stereocenters. The normalized spacial score (nSPS) is 18.5. The van der Waals surface area contributed by atoms with Crippen molar-refractivity contribution < 1.29 is 9.59 Å². The molecule has 3 heterocycles. The van der Waals surface area contributed by atoms with E-state index in [-0.39, 0.29) is 17.2 Å². The van der Waals surface area contributed by atoms with Crippen LogP contribution in [0.4, 0.5) is 0 Å². The summed E-state index contributed by atoms with van der Waals surface area (Å²) in [5.41, 5.74) is 2.90. The van der Waals surface area contributed by atoms with E-state index < -0.39 is 0 Å². The second-order valence-electron chi connectivity index (χ2n) is 10.3. The average Bonchev–Trinajstić information content (AvgIpc) is 2.84. The molecule has 4 rings (SSSR count). The number of carbonyl (C=O) groups is 2. The van der Waals surface area contributed by atoms with Crippen molar-refractivity contribution in [3.8, 4) is 0 Å². The predicted molar refractivity (Wildman–Crippen MR) is 133 cm³/mol. The van der Waals surface area contributed by atoms with Gasteiger partial charge in [0.1, 0.15) is 11.5 Å². The zero-order valence-corrected chi connectivity index (χ0v) is 21.0. The van der Waals surface area contributed by atoms with Gasteiger partial charge in [-0.2, -0.15) is 0 Å². The van der Waals surface area contributed by atoms with E-state index in [2.05, 4.69) is 27.9 Å². The van der Waals surface area contributed by atoms with E-state index in [1.165, 1.54) is 24.2 Å². The van der Waals surface area contributed by atoms with Crippen molar-refractivity contribution in [3.63, 3.8) is 0 Å². The van der Waals surface area contributed by atoms with Gasteiger partial charge < -0.3 is 9.80 Å². The number of benzene rings is 1. The van der Waals surface area contributed by atoms with Crippen LogP contribution in [0.1, 0.15) is 77.0 Å². The van der Waals surface area contributed by atoms with Gasteiger partial charge >= 0.3 is 0 Å². The van der Waals surface area contributed by atoms with Gasteiger partial charge in [0.15, 0.2) is 0 Å². The Morgan fingerprint density at radius 2 is 1.68 bits per heavy atom. The fourth-order valence-electron chi connectivity index (χ4n) is 5.00. The van der Waals surface area contributed by atoms with Crippen LogP contribution >= 0.6 is 0 Å². The number of amides is 2. The number of piperidine rings is 2. The lowest BCUT2D eigenvalue weighted by Gasteiger charge is -2.39. The van der Waals surface area contributed by atoms with E-state index in [0.717, 1.165) is 49.3 Å². The number of hydrogen-bond acceptors (Lipinski definition) is 5. The van der Waals surface area contributed by atoms with Gasteiger partial charge in [-0.15, -0.1) is 0 Å². The van der Waals surface area contributed by atoms with Crippen molar-refractivity contribution in [3.05, 3.63) is 58.7 Å². The van der Waals surface area contributed by atoms with Crippen molar-refractivity contribution in [1.82, 2.24) is 24.7 Å². The molecule has 0 unspecified atom stereocenters. The Labute approximate surface area is 203 Å². The smallest absolute Gasteiger partial charge is 0.272 e. The van der Waals surface area contributed by atoms with Crippen LogP contribution in [0.5, 0.6) is 0 Å². The Balaban J connectivity index is 1.47. The SMILES string of the molecule is Cc1cc(C(=O)N(C)C)nc(C2(C)CCN(C(=O)c3ccccc3CN3CCCCC3)CC2)n1. The largest absolute Gasteiger partial charge is 0.343 e. The van der Waals surface area contributed by atoms with Crippen molar-refractivity contribution >= 4 is 11.8 Å². The molecule has 2 aliphatic heterocycles. The van der Waals surface area contributed by atoms with Gasteiger partial charge in [-0.05, 0) is 63.4 Å². The highest BCUT2D eigenvalue weighted by atomic mass is 16.2. The summed E-state index contributed by atoms with van der Waals surface area (Å²) in [5, 5.41) is 0. The van der Waals surface area contributed by atoms with Gasteiger partial charge in [-0.1, -0.05) is 31.5 Å². The molecule has 0 aliphatic carbocycles. The fourth-order valence-corrected chi connectivity index (χ4v) is 5.00. The lowest BCUT2D eigenvalue weighted by atomic mass is 9.79. The van der Waals surface area contributed by atoms with Gasteiger partial charge in [0.05, 0.1) is 0 Å². The molecule has 2 aromatic rings. The maximum atomic E-state index is 13.5. The molecule has 2 saturated heterocycles. The summed E-state index contributed by atoms with van der Waals surface area (Å²) in [4.78, 5) is 41.3. The molecule has 1 aromatic carbocycles. The molecule has 2 amide bonds. The Kier molecular flexibility index (Phi) is 7.31. The van der Waals surface area contributed by atoms with Crippen molar-refractivity contribution in [1.29, 1.82) is 0 Å². The summed E-state index contributed by atoms with van der Waals surface area (Å²) in [5.74, 6) is 0.701. The topological polar surface area (TPSA) is 69.6 Å². The van der Waals surface area contributed by atoms with E-state index in [9.17, 15) is 9.59 Å². The number of aryl methyl sites for hydroxylation is 1. The summed E-state index contributed by atoms with van der Waals surface area (Å²) >= 11 is 0. The van der Waals surface area contributed by atoms with E-state index in [1.54, 1.807) is 20.2 Å². The first kappa shape index (κ1) is 24.3. The third-order valence-corrected chi connectivity index (χ3v) is 7.26. The van der Waals surface area contributed by atoms with Crippen molar-refractivity contribution in [2.45, 2.75) is 57.9 Å². The molecule has 7 nitrogen and oxygen atoms in total. The third kappa shape index (κ3) is 5.30. The summed E-state index contributed by atoms with van der Waals surface area (Å²) in [7, 11) is 3.46. The molecule has 0 radical (unpaired) electrons. The number of carbonyl (C=O) groups excluding carboxylic acids is 2. The molecular formula is C27H37N5O2. The molecule has 2 aliphatic rings. The molecule has 0 spiro atoms. The first-order valence-electron chi connectivity index (χ1n) is 12.4.